The van der Waals surface area contributed by atoms with Crippen LogP contribution in [-0.2, 0) is 0 Å². The van der Waals surface area contributed by atoms with Gasteiger partial charge in [0.25, 0.3) is 0 Å². The molecule has 1 aromatic carbocycles. The third-order valence-corrected chi connectivity index (χ3v) is 5.46. The molecule has 24 heavy (non-hydrogen) atoms. The second-order valence-electron chi connectivity index (χ2n) is 6.49. The molecule has 1 aromatic rings. The van der Waals surface area contributed by atoms with E-state index in [2.05, 4.69) is 28.6 Å². The Labute approximate surface area is 150 Å². The average Bonchev–Trinajstić information content (AvgIpc) is 2.64. The van der Waals surface area contributed by atoms with Gasteiger partial charge in [-0.2, -0.15) is 0 Å². The number of halogens is 1. The number of nitrogens with zero attached hydrogens (tertiary/aromatic N) is 3. The minimum Gasteiger partial charge on any atom is -0.396 e. The molecule has 0 amide bonds. The molecule has 0 spiro atoms. The van der Waals surface area contributed by atoms with Crippen molar-refractivity contribution in [2.45, 2.75) is 26.7 Å². The Morgan fingerprint density at radius 2 is 1.75 bits per heavy atom. The monoisotopic (exact) mass is 352 g/mol. The summed E-state index contributed by atoms with van der Waals surface area (Å²) >= 11 is 5.95. The Hall–Kier alpha value is -1.46. The third kappa shape index (κ3) is 4.54. The van der Waals surface area contributed by atoms with E-state index < -0.39 is 0 Å². The molecule has 6 heteroatoms. The van der Waals surface area contributed by atoms with E-state index in [9.17, 15) is 5.11 Å². The predicted octanol–water partition coefficient (Wildman–Crippen LogP) is 2.58. The molecule has 0 aromatic heterocycles. The molecule has 0 aliphatic carbocycles. The molecule has 1 fully saturated rings. The number of aliphatic hydroxyl groups is 1. The first-order valence-corrected chi connectivity index (χ1v) is 9.07. The first-order valence-electron chi connectivity index (χ1n) is 8.70. The zero-order valence-electron chi connectivity index (χ0n) is 14.7. The number of aliphatic imine (C=N–C) groups is 1. The van der Waals surface area contributed by atoms with Crippen molar-refractivity contribution in [3.8, 4) is 0 Å². The normalized spacial score (nSPS) is 16.6. The fourth-order valence-corrected chi connectivity index (χ4v) is 3.07. The highest BCUT2D eigenvalue weighted by atomic mass is 35.5. The second kappa shape index (κ2) is 8.58. The molecule has 3 N–H and O–H groups in total. The minimum absolute atomic E-state index is 0.143. The van der Waals surface area contributed by atoms with Gasteiger partial charge in [-0.15, -0.1) is 0 Å². The number of hydrogen-bond acceptors (Lipinski definition) is 3. The van der Waals surface area contributed by atoms with Crippen LogP contribution in [-0.4, -0.2) is 55.3 Å². The summed E-state index contributed by atoms with van der Waals surface area (Å²) in [5, 5.41) is 10.4. The lowest BCUT2D eigenvalue weighted by Crippen LogP contribution is -2.51. The fraction of sp³-hybridized carbons (Fsp3) is 0.611. The lowest BCUT2D eigenvalue weighted by atomic mass is 9.83. The van der Waals surface area contributed by atoms with Gasteiger partial charge in [0.05, 0.1) is 13.2 Å². The molecule has 0 atom stereocenters. The van der Waals surface area contributed by atoms with Crippen LogP contribution in [0.3, 0.4) is 0 Å². The molecular weight excluding hydrogens is 324 g/mol. The van der Waals surface area contributed by atoms with Gasteiger partial charge < -0.3 is 20.6 Å². The van der Waals surface area contributed by atoms with Crippen molar-refractivity contribution < 1.29 is 5.11 Å². The van der Waals surface area contributed by atoms with Crippen LogP contribution in [0.2, 0.25) is 5.02 Å². The van der Waals surface area contributed by atoms with E-state index in [0.717, 1.165) is 44.0 Å². The number of nitrogens with two attached hydrogens (primary N) is 1. The van der Waals surface area contributed by atoms with Crippen LogP contribution in [0.5, 0.6) is 0 Å². The van der Waals surface area contributed by atoms with Crippen LogP contribution < -0.4 is 10.6 Å². The molecule has 1 saturated heterocycles. The van der Waals surface area contributed by atoms with Gasteiger partial charge >= 0.3 is 0 Å². The summed E-state index contributed by atoms with van der Waals surface area (Å²) < 4.78 is 0. The van der Waals surface area contributed by atoms with Crippen LogP contribution in [0.4, 0.5) is 5.69 Å². The summed E-state index contributed by atoms with van der Waals surface area (Å²) in [5.41, 5.74) is 7.22. The minimum atomic E-state index is -0.143. The molecule has 1 heterocycles. The number of benzene rings is 1. The largest absolute Gasteiger partial charge is 0.396 e. The van der Waals surface area contributed by atoms with Gasteiger partial charge in [-0.25, -0.2) is 0 Å². The first-order chi connectivity index (χ1) is 11.5. The highest BCUT2D eigenvalue weighted by Gasteiger charge is 2.26. The Balaban J connectivity index is 1.91. The van der Waals surface area contributed by atoms with E-state index in [1.165, 1.54) is 5.69 Å². The quantitative estimate of drug-likeness (QED) is 0.610. The van der Waals surface area contributed by atoms with Crippen LogP contribution in [0.15, 0.2) is 29.3 Å². The van der Waals surface area contributed by atoms with Crippen molar-refractivity contribution in [1.29, 1.82) is 0 Å². The molecule has 0 saturated carbocycles. The molecule has 0 bridgehead atoms. The highest BCUT2D eigenvalue weighted by molar-refractivity contribution is 6.30. The first kappa shape index (κ1) is 18.9. The standard InChI is InChI=1S/C18H29ClN4O/c1-3-18(4-2,14-24)13-21-17(20)23-11-9-22(10-12-23)16-7-5-15(19)6-8-16/h5-8,24H,3-4,9-14H2,1-2H3,(H2,20,21). The maximum absolute atomic E-state index is 9.64. The van der Waals surface area contributed by atoms with Crippen molar-refractivity contribution in [3.05, 3.63) is 29.3 Å². The van der Waals surface area contributed by atoms with Crippen molar-refractivity contribution in [2.24, 2.45) is 16.1 Å². The number of guanidine groups is 1. The van der Waals surface area contributed by atoms with E-state index in [4.69, 9.17) is 17.3 Å². The molecule has 134 valence electrons. The van der Waals surface area contributed by atoms with E-state index in [-0.39, 0.29) is 12.0 Å². The maximum atomic E-state index is 9.64. The van der Waals surface area contributed by atoms with E-state index in [0.29, 0.717) is 12.5 Å². The molecular formula is C18H29ClN4O. The summed E-state index contributed by atoms with van der Waals surface area (Å²) in [4.78, 5) is 9.02. The number of hydrogen-bond donors (Lipinski definition) is 2. The molecule has 0 unspecified atom stereocenters. The average molecular weight is 353 g/mol. The van der Waals surface area contributed by atoms with Crippen LogP contribution in [0, 0.1) is 5.41 Å². The van der Waals surface area contributed by atoms with E-state index in [1.54, 1.807) is 0 Å². The number of rotatable bonds is 6. The number of anilines is 1. The Morgan fingerprint density at radius 3 is 2.25 bits per heavy atom. The van der Waals surface area contributed by atoms with Crippen LogP contribution in [0.1, 0.15) is 26.7 Å². The molecule has 2 rings (SSSR count). The fourth-order valence-electron chi connectivity index (χ4n) is 2.94. The van der Waals surface area contributed by atoms with Gasteiger partial charge in [-0.3, -0.25) is 4.99 Å². The van der Waals surface area contributed by atoms with Crippen molar-refractivity contribution in [1.82, 2.24) is 4.90 Å². The van der Waals surface area contributed by atoms with E-state index in [1.807, 2.05) is 24.3 Å². The highest BCUT2D eigenvalue weighted by Crippen LogP contribution is 2.26. The number of aliphatic hydroxyl groups excluding tert-OH is 1. The van der Waals surface area contributed by atoms with Gasteiger partial charge in [0.2, 0.25) is 0 Å². The topological polar surface area (TPSA) is 65.1 Å². The zero-order valence-corrected chi connectivity index (χ0v) is 15.5. The molecule has 5 nitrogen and oxygen atoms in total. The Bertz CT molecular complexity index is 526. The molecule has 1 aliphatic rings. The Kier molecular flexibility index (Phi) is 6.75. The predicted molar refractivity (Wildman–Crippen MR) is 102 cm³/mol. The van der Waals surface area contributed by atoms with Crippen molar-refractivity contribution in [3.63, 3.8) is 0 Å². The van der Waals surface area contributed by atoms with Gasteiger partial charge in [-0.05, 0) is 37.1 Å². The van der Waals surface area contributed by atoms with Gasteiger partial charge in [0, 0.05) is 42.3 Å². The summed E-state index contributed by atoms with van der Waals surface area (Å²) in [5.74, 6) is 0.588. The van der Waals surface area contributed by atoms with Gasteiger partial charge in [0.15, 0.2) is 5.96 Å². The van der Waals surface area contributed by atoms with Crippen molar-refractivity contribution >= 4 is 23.2 Å². The summed E-state index contributed by atoms with van der Waals surface area (Å²) in [6, 6.07) is 7.94. The summed E-state index contributed by atoms with van der Waals surface area (Å²) in [6.45, 7) is 8.44. The zero-order chi connectivity index (χ0) is 17.6. The smallest absolute Gasteiger partial charge is 0.191 e. The van der Waals surface area contributed by atoms with Crippen LogP contribution >= 0.6 is 11.6 Å². The van der Waals surface area contributed by atoms with Gasteiger partial charge in [-0.1, -0.05) is 25.4 Å². The second-order valence-corrected chi connectivity index (χ2v) is 6.93. The van der Waals surface area contributed by atoms with Crippen LogP contribution in [0.25, 0.3) is 0 Å². The molecule has 0 radical (unpaired) electrons. The third-order valence-electron chi connectivity index (χ3n) is 5.21. The van der Waals surface area contributed by atoms with E-state index >= 15 is 0 Å². The lowest BCUT2D eigenvalue weighted by Gasteiger charge is -2.37. The number of piperazine rings is 1. The SMILES string of the molecule is CCC(CC)(CO)CN=C(N)N1CCN(c2ccc(Cl)cc2)CC1. The van der Waals surface area contributed by atoms with Crippen molar-refractivity contribution in [2.75, 3.05) is 44.2 Å². The summed E-state index contributed by atoms with van der Waals surface area (Å²) in [6.07, 6.45) is 1.81. The maximum Gasteiger partial charge on any atom is 0.191 e. The molecule has 1 aliphatic heterocycles. The summed E-state index contributed by atoms with van der Waals surface area (Å²) in [7, 11) is 0. The lowest BCUT2D eigenvalue weighted by molar-refractivity contribution is 0.123. The van der Waals surface area contributed by atoms with Gasteiger partial charge in [0.1, 0.15) is 0 Å². The Morgan fingerprint density at radius 1 is 1.17 bits per heavy atom.